The summed E-state index contributed by atoms with van der Waals surface area (Å²) in [6.45, 7) is 7.85. The van der Waals surface area contributed by atoms with Gasteiger partial charge in [0.15, 0.2) is 0 Å². The molecule has 154 valence electrons. The summed E-state index contributed by atoms with van der Waals surface area (Å²) in [5.41, 5.74) is 13.6. The predicted molar refractivity (Wildman–Crippen MR) is 123 cm³/mol. The predicted octanol–water partition coefficient (Wildman–Crippen LogP) is 4.85. The largest absolute Gasteiger partial charge is 0.383 e. The second kappa shape index (κ2) is 7.78. The molecule has 1 unspecified atom stereocenters. The molecule has 1 atom stereocenters. The van der Waals surface area contributed by atoms with E-state index in [0.29, 0.717) is 11.7 Å². The molecule has 0 bridgehead atoms. The van der Waals surface area contributed by atoms with Crippen LogP contribution >= 0.6 is 0 Å². The molecule has 6 nitrogen and oxygen atoms in total. The van der Waals surface area contributed by atoms with Crippen molar-refractivity contribution in [2.75, 3.05) is 11.1 Å². The molecule has 1 aromatic carbocycles. The number of aromatic nitrogens is 3. The number of rotatable bonds is 4. The van der Waals surface area contributed by atoms with Crippen LogP contribution in [-0.4, -0.2) is 20.4 Å². The Morgan fingerprint density at radius 3 is 2.83 bits per heavy atom. The summed E-state index contributed by atoms with van der Waals surface area (Å²) in [4.78, 5) is 20.5. The van der Waals surface area contributed by atoms with Crippen LogP contribution in [0.1, 0.15) is 37.3 Å². The van der Waals surface area contributed by atoms with E-state index in [4.69, 9.17) is 5.73 Å². The summed E-state index contributed by atoms with van der Waals surface area (Å²) in [5, 5.41) is 3.74. The number of nitrogen functional groups attached to an aromatic ring is 1. The van der Waals surface area contributed by atoms with Crippen molar-refractivity contribution < 1.29 is 4.79 Å². The van der Waals surface area contributed by atoms with E-state index in [1.54, 1.807) is 0 Å². The second-order valence-electron chi connectivity index (χ2n) is 8.07. The maximum Gasteiger partial charge on any atom is 0.247 e. The number of carbonyl (C=O) groups excluding carboxylic acids is 1. The lowest BCUT2D eigenvalue weighted by atomic mass is 9.85. The maximum atomic E-state index is 11.7. The lowest BCUT2D eigenvalue weighted by Gasteiger charge is -2.20. The number of hydrogen-bond donors (Lipinski definition) is 2. The Labute approximate surface area is 176 Å². The first-order valence-electron chi connectivity index (χ1n) is 10.2. The highest BCUT2D eigenvalue weighted by atomic mass is 16.1. The SMILES string of the molecule is C=CC(=O)Nc1ccc(-c2c(C3=CCC(C)CC3)c3c(N)ncnc3n2C)c(C)c1. The van der Waals surface area contributed by atoms with Crippen LogP contribution in [0, 0.1) is 12.8 Å². The first kappa shape index (κ1) is 19.9. The van der Waals surface area contributed by atoms with E-state index in [2.05, 4.69) is 39.4 Å². The van der Waals surface area contributed by atoms with Gasteiger partial charge in [0.2, 0.25) is 5.91 Å². The lowest BCUT2D eigenvalue weighted by molar-refractivity contribution is -0.111. The lowest BCUT2D eigenvalue weighted by Crippen LogP contribution is -2.07. The highest BCUT2D eigenvalue weighted by molar-refractivity contribution is 6.05. The molecule has 0 saturated heterocycles. The normalized spacial score (nSPS) is 16.4. The van der Waals surface area contributed by atoms with Gasteiger partial charge in [-0.25, -0.2) is 9.97 Å². The maximum absolute atomic E-state index is 11.7. The zero-order valence-electron chi connectivity index (χ0n) is 17.7. The van der Waals surface area contributed by atoms with Crippen molar-refractivity contribution in [3.8, 4) is 11.3 Å². The molecule has 0 spiro atoms. The summed E-state index contributed by atoms with van der Waals surface area (Å²) in [6, 6.07) is 5.93. The Morgan fingerprint density at radius 2 is 2.17 bits per heavy atom. The van der Waals surface area contributed by atoms with Gasteiger partial charge in [-0.05, 0) is 61.4 Å². The fraction of sp³-hybridized carbons (Fsp3) is 0.292. The van der Waals surface area contributed by atoms with E-state index < -0.39 is 0 Å². The van der Waals surface area contributed by atoms with E-state index in [-0.39, 0.29) is 5.91 Å². The zero-order valence-corrected chi connectivity index (χ0v) is 17.7. The third-order valence-corrected chi connectivity index (χ3v) is 5.93. The number of nitrogens with two attached hydrogens (primary N) is 1. The molecule has 1 aliphatic carbocycles. The van der Waals surface area contributed by atoms with Gasteiger partial charge < -0.3 is 15.6 Å². The molecule has 0 saturated carbocycles. The molecule has 0 aliphatic heterocycles. The van der Waals surface area contributed by atoms with E-state index in [1.165, 1.54) is 18.0 Å². The van der Waals surface area contributed by atoms with Crippen LogP contribution < -0.4 is 11.1 Å². The minimum absolute atomic E-state index is 0.225. The second-order valence-corrected chi connectivity index (χ2v) is 8.07. The average Bonchev–Trinajstić information content (AvgIpc) is 3.02. The number of benzene rings is 1. The van der Waals surface area contributed by atoms with Gasteiger partial charge in [-0.1, -0.05) is 25.6 Å². The van der Waals surface area contributed by atoms with Gasteiger partial charge in [-0.15, -0.1) is 0 Å². The number of amides is 1. The first-order valence-corrected chi connectivity index (χ1v) is 10.2. The van der Waals surface area contributed by atoms with Crippen molar-refractivity contribution in [1.82, 2.24) is 14.5 Å². The minimum atomic E-state index is -0.225. The number of nitrogens with one attached hydrogen (secondary N) is 1. The van der Waals surface area contributed by atoms with Crippen molar-refractivity contribution in [3.63, 3.8) is 0 Å². The van der Waals surface area contributed by atoms with Gasteiger partial charge in [-0.2, -0.15) is 0 Å². The summed E-state index contributed by atoms with van der Waals surface area (Å²) in [7, 11) is 2.02. The molecule has 1 aliphatic rings. The Kier molecular flexibility index (Phi) is 5.16. The quantitative estimate of drug-likeness (QED) is 0.612. The van der Waals surface area contributed by atoms with E-state index in [0.717, 1.165) is 58.4 Å². The van der Waals surface area contributed by atoms with Crippen molar-refractivity contribution >= 4 is 34.0 Å². The number of allylic oxidation sites excluding steroid dienone is 2. The molecule has 0 radical (unpaired) electrons. The average molecular weight is 402 g/mol. The molecular weight excluding hydrogens is 374 g/mol. The summed E-state index contributed by atoms with van der Waals surface area (Å²) in [6.07, 6.45) is 8.35. The Balaban J connectivity index is 1.94. The summed E-state index contributed by atoms with van der Waals surface area (Å²) < 4.78 is 2.10. The van der Waals surface area contributed by atoms with Gasteiger partial charge in [0, 0.05) is 23.9 Å². The Bertz CT molecular complexity index is 1190. The Morgan fingerprint density at radius 1 is 1.37 bits per heavy atom. The standard InChI is InChI=1S/C24H27N5O/c1-5-19(30)28-17-10-11-18(15(3)12-17)22-20(16-8-6-14(2)7-9-16)21-23(25)26-13-27-24(21)29(22)4/h5,8,10-14H,1,6-7,9H2,2-4H3,(H,28,30)(H2,25,26,27). The van der Waals surface area contributed by atoms with Gasteiger partial charge in [0.1, 0.15) is 17.8 Å². The van der Waals surface area contributed by atoms with Crippen LogP contribution in [0.25, 0.3) is 27.9 Å². The number of aryl methyl sites for hydroxylation is 2. The molecule has 30 heavy (non-hydrogen) atoms. The van der Waals surface area contributed by atoms with Gasteiger partial charge >= 0.3 is 0 Å². The van der Waals surface area contributed by atoms with Crippen LogP contribution in [0.15, 0.2) is 43.3 Å². The smallest absolute Gasteiger partial charge is 0.247 e. The fourth-order valence-corrected chi connectivity index (χ4v) is 4.30. The monoisotopic (exact) mass is 401 g/mol. The molecule has 0 fully saturated rings. The molecular formula is C24H27N5O. The Hall–Kier alpha value is -3.41. The highest BCUT2D eigenvalue weighted by Gasteiger charge is 2.25. The van der Waals surface area contributed by atoms with Crippen molar-refractivity contribution in [3.05, 3.63) is 54.4 Å². The molecule has 3 aromatic rings. The van der Waals surface area contributed by atoms with Gasteiger partial charge in [0.25, 0.3) is 0 Å². The fourth-order valence-electron chi connectivity index (χ4n) is 4.30. The van der Waals surface area contributed by atoms with Gasteiger partial charge in [-0.3, -0.25) is 4.79 Å². The third-order valence-electron chi connectivity index (χ3n) is 5.93. The number of hydrogen-bond acceptors (Lipinski definition) is 4. The van der Waals surface area contributed by atoms with Crippen LogP contribution in [0.4, 0.5) is 11.5 Å². The van der Waals surface area contributed by atoms with Crippen molar-refractivity contribution in [1.29, 1.82) is 0 Å². The number of carbonyl (C=O) groups is 1. The van der Waals surface area contributed by atoms with Crippen LogP contribution in [-0.2, 0) is 11.8 Å². The van der Waals surface area contributed by atoms with E-state index in [9.17, 15) is 4.79 Å². The molecule has 3 N–H and O–H groups in total. The first-order chi connectivity index (χ1) is 14.4. The zero-order chi connectivity index (χ0) is 21.4. The number of fused-ring (bicyclic) bond motifs is 1. The van der Waals surface area contributed by atoms with Crippen molar-refractivity contribution in [2.24, 2.45) is 13.0 Å². The summed E-state index contributed by atoms with van der Waals surface area (Å²) >= 11 is 0. The molecule has 6 heteroatoms. The molecule has 2 aromatic heterocycles. The topological polar surface area (TPSA) is 85.8 Å². The molecule has 2 heterocycles. The molecule has 4 rings (SSSR count). The summed E-state index contributed by atoms with van der Waals surface area (Å²) in [5.74, 6) is 0.969. The van der Waals surface area contributed by atoms with Crippen LogP contribution in [0.2, 0.25) is 0 Å². The highest BCUT2D eigenvalue weighted by Crippen LogP contribution is 2.43. The number of nitrogens with zero attached hydrogens (tertiary/aromatic N) is 3. The van der Waals surface area contributed by atoms with Crippen LogP contribution in [0.3, 0.4) is 0 Å². The molecule has 1 amide bonds. The minimum Gasteiger partial charge on any atom is -0.383 e. The van der Waals surface area contributed by atoms with Crippen molar-refractivity contribution in [2.45, 2.75) is 33.1 Å². The number of anilines is 2. The van der Waals surface area contributed by atoms with E-state index >= 15 is 0 Å². The van der Waals surface area contributed by atoms with Gasteiger partial charge in [0.05, 0.1) is 11.1 Å². The third kappa shape index (κ3) is 3.38. The van der Waals surface area contributed by atoms with E-state index in [1.807, 2.05) is 32.2 Å². The van der Waals surface area contributed by atoms with Crippen LogP contribution in [0.5, 0.6) is 0 Å².